The van der Waals surface area contributed by atoms with E-state index in [2.05, 4.69) is 15.9 Å². The molecule has 0 unspecified atom stereocenters. The van der Waals surface area contributed by atoms with E-state index in [1.165, 1.54) is 19.2 Å². The van der Waals surface area contributed by atoms with E-state index in [0.29, 0.717) is 9.37 Å². The van der Waals surface area contributed by atoms with Crippen molar-refractivity contribution in [2.45, 2.75) is 52.7 Å². The van der Waals surface area contributed by atoms with Gasteiger partial charge in [0.25, 0.3) is 0 Å². The van der Waals surface area contributed by atoms with Crippen LogP contribution in [0.4, 0.5) is 15.3 Å². The Morgan fingerprint density at radius 3 is 1.77 bits per heavy atom. The fraction of sp³-hybridized carbons (Fsp3) is 0.500. The van der Waals surface area contributed by atoms with Gasteiger partial charge in [0.1, 0.15) is 11.2 Å². The number of imide groups is 1. The van der Waals surface area contributed by atoms with Crippen LogP contribution in [-0.4, -0.2) is 36.5 Å². The molecule has 0 atom stereocenters. The van der Waals surface area contributed by atoms with Gasteiger partial charge in [-0.05, 0) is 59.7 Å². The van der Waals surface area contributed by atoms with Crippen LogP contribution in [0.1, 0.15) is 51.9 Å². The van der Waals surface area contributed by atoms with E-state index in [0.717, 1.165) is 0 Å². The number of methoxy groups -OCH3 is 1. The molecular formula is C18H24BrNO6. The summed E-state index contributed by atoms with van der Waals surface area (Å²) in [4.78, 5) is 38.2. The van der Waals surface area contributed by atoms with Crippen LogP contribution >= 0.6 is 15.9 Å². The average molecular weight is 430 g/mol. The Kier molecular flexibility index (Phi) is 6.82. The molecule has 26 heavy (non-hydrogen) atoms. The summed E-state index contributed by atoms with van der Waals surface area (Å²) in [7, 11) is 1.21. The third-order valence-electron chi connectivity index (χ3n) is 2.76. The zero-order valence-corrected chi connectivity index (χ0v) is 17.6. The van der Waals surface area contributed by atoms with Gasteiger partial charge in [-0.25, -0.2) is 14.4 Å². The summed E-state index contributed by atoms with van der Waals surface area (Å²) in [5.41, 5.74) is -1.69. The molecule has 0 saturated carbocycles. The first kappa shape index (κ1) is 22.0. The quantitative estimate of drug-likeness (QED) is 0.490. The minimum atomic E-state index is -0.963. The summed E-state index contributed by atoms with van der Waals surface area (Å²) >= 11 is 3.27. The molecule has 0 radical (unpaired) electrons. The van der Waals surface area contributed by atoms with Crippen molar-refractivity contribution in [1.82, 2.24) is 0 Å². The van der Waals surface area contributed by atoms with Crippen molar-refractivity contribution in [3.63, 3.8) is 0 Å². The van der Waals surface area contributed by atoms with E-state index >= 15 is 0 Å². The van der Waals surface area contributed by atoms with Gasteiger partial charge in [-0.1, -0.05) is 15.9 Å². The van der Waals surface area contributed by atoms with Crippen molar-refractivity contribution in [3.8, 4) is 0 Å². The molecule has 1 aromatic carbocycles. The first-order valence-electron chi connectivity index (χ1n) is 7.89. The number of carbonyl (C=O) groups is 3. The lowest BCUT2D eigenvalue weighted by molar-refractivity contribution is 0.0430. The third-order valence-corrected chi connectivity index (χ3v) is 3.25. The molecule has 0 saturated heterocycles. The highest BCUT2D eigenvalue weighted by atomic mass is 79.9. The lowest BCUT2D eigenvalue weighted by atomic mass is 10.1. The van der Waals surface area contributed by atoms with Gasteiger partial charge in [-0.3, -0.25) is 0 Å². The van der Waals surface area contributed by atoms with Gasteiger partial charge in [-0.15, -0.1) is 0 Å². The first-order valence-corrected chi connectivity index (χ1v) is 8.68. The Morgan fingerprint density at radius 1 is 0.923 bits per heavy atom. The number of anilines is 1. The fourth-order valence-electron chi connectivity index (χ4n) is 1.86. The van der Waals surface area contributed by atoms with Crippen LogP contribution in [0.15, 0.2) is 22.7 Å². The number of carbonyl (C=O) groups excluding carboxylic acids is 3. The Hall–Kier alpha value is -2.09. The van der Waals surface area contributed by atoms with Crippen molar-refractivity contribution < 1.29 is 28.6 Å². The summed E-state index contributed by atoms with van der Waals surface area (Å²) < 4.78 is 15.9. The summed E-state index contributed by atoms with van der Waals surface area (Å²) in [5.74, 6) is -0.704. The van der Waals surface area contributed by atoms with Crippen LogP contribution in [-0.2, 0) is 14.2 Å². The summed E-state index contributed by atoms with van der Waals surface area (Å²) in [5, 5.41) is 0. The minimum absolute atomic E-state index is 0.00488. The zero-order chi connectivity index (χ0) is 20.3. The van der Waals surface area contributed by atoms with Gasteiger partial charge in [0, 0.05) is 4.47 Å². The molecule has 0 spiro atoms. The molecule has 1 aromatic rings. The molecule has 2 amide bonds. The monoisotopic (exact) mass is 429 g/mol. The summed E-state index contributed by atoms with van der Waals surface area (Å²) in [6.07, 6.45) is -1.93. The molecule has 0 aliphatic rings. The highest BCUT2D eigenvalue weighted by Gasteiger charge is 2.35. The van der Waals surface area contributed by atoms with Crippen molar-refractivity contribution >= 4 is 39.8 Å². The number of nitrogens with zero attached hydrogens (tertiary/aromatic N) is 1. The number of rotatable bonds is 2. The first-order chi connectivity index (χ1) is 11.7. The summed E-state index contributed by atoms with van der Waals surface area (Å²) in [6.45, 7) is 10.0. The molecule has 8 heteroatoms. The Labute approximate surface area is 161 Å². The van der Waals surface area contributed by atoms with Crippen LogP contribution < -0.4 is 4.90 Å². The number of ether oxygens (including phenoxy) is 3. The Bertz CT molecular complexity index is 675. The SMILES string of the molecule is COC(=O)c1ccc(Br)cc1N(C(=O)OC(C)(C)C)C(=O)OC(C)(C)C. The predicted octanol–water partition coefficient (Wildman–Crippen LogP) is 4.91. The van der Waals surface area contributed by atoms with Gasteiger partial charge in [-0.2, -0.15) is 4.90 Å². The molecule has 0 aliphatic carbocycles. The van der Waals surface area contributed by atoms with Crippen molar-refractivity contribution in [2.75, 3.05) is 12.0 Å². The highest BCUT2D eigenvalue weighted by molar-refractivity contribution is 9.10. The van der Waals surface area contributed by atoms with Crippen molar-refractivity contribution in [3.05, 3.63) is 28.2 Å². The van der Waals surface area contributed by atoms with Crippen LogP contribution in [0.5, 0.6) is 0 Å². The van der Waals surface area contributed by atoms with Crippen LogP contribution in [0, 0.1) is 0 Å². The van der Waals surface area contributed by atoms with E-state index in [1.54, 1.807) is 47.6 Å². The van der Waals surface area contributed by atoms with Crippen molar-refractivity contribution in [1.29, 1.82) is 0 Å². The molecule has 0 aliphatic heterocycles. The number of halogens is 1. The van der Waals surface area contributed by atoms with Gasteiger partial charge in [0.05, 0.1) is 18.4 Å². The molecule has 1 rings (SSSR count). The number of amides is 2. The largest absolute Gasteiger partial charge is 0.465 e. The number of hydrogen-bond acceptors (Lipinski definition) is 6. The zero-order valence-electron chi connectivity index (χ0n) is 16.0. The van der Waals surface area contributed by atoms with E-state index in [4.69, 9.17) is 14.2 Å². The number of benzene rings is 1. The summed E-state index contributed by atoms with van der Waals surface area (Å²) in [6, 6.07) is 4.48. The van der Waals surface area contributed by atoms with Crippen LogP contribution in [0.2, 0.25) is 0 Å². The smallest absolute Gasteiger partial charge is 0.424 e. The number of hydrogen-bond donors (Lipinski definition) is 0. The Balaban J connectivity index is 3.50. The average Bonchev–Trinajstić information content (AvgIpc) is 2.43. The highest BCUT2D eigenvalue weighted by Crippen LogP contribution is 2.29. The second kappa shape index (κ2) is 8.07. The van der Waals surface area contributed by atoms with Gasteiger partial charge in [0.2, 0.25) is 0 Å². The molecule has 144 valence electrons. The van der Waals surface area contributed by atoms with Crippen LogP contribution in [0.3, 0.4) is 0 Å². The van der Waals surface area contributed by atoms with Gasteiger partial charge < -0.3 is 14.2 Å². The van der Waals surface area contributed by atoms with Crippen LogP contribution in [0.25, 0.3) is 0 Å². The molecule has 7 nitrogen and oxygen atoms in total. The molecule has 0 fully saturated rings. The lowest BCUT2D eigenvalue weighted by Gasteiger charge is -2.29. The van der Waals surface area contributed by atoms with Gasteiger partial charge in [0.15, 0.2) is 0 Å². The van der Waals surface area contributed by atoms with E-state index in [1.807, 2.05) is 0 Å². The Morgan fingerprint density at radius 2 is 1.38 bits per heavy atom. The standard InChI is InChI=1S/C18H24BrNO6/c1-17(2,3)25-15(22)20(16(23)26-18(4,5)6)13-10-11(19)8-9-12(13)14(21)24-7/h8-10H,1-7H3. The molecular weight excluding hydrogens is 406 g/mol. The van der Waals surface area contributed by atoms with E-state index in [-0.39, 0.29) is 11.3 Å². The molecule has 0 heterocycles. The van der Waals surface area contributed by atoms with Crippen molar-refractivity contribution in [2.24, 2.45) is 0 Å². The topological polar surface area (TPSA) is 82.1 Å². The van der Waals surface area contributed by atoms with E-state index in [9.17, 15) is 14.4 Å². The normalized spacial score (nSPS) is 11.5. The molecule has 0 aromatic heterocycles. The maximum atomic E-state index is 12.7. The number of esters is 1. The molecule has 0 N–H and O–H groups in total. The second-order valence-electron chi connectivity index (χ2n) is 7.45. The second-order valence-corrected chi connectivity index (χ2v) is 8.36. The van der Waals surface area contributed by atoms with E-state index < -0.39 is 29.4 Å². The molecule has 0 bridgehead atoms. The third kappa shape index (κ3) is 6.33. The maximum absolute atomic E-state index is 12.7. The minimum Gasteiger partial charge on any atom is -0.465 e. The van der Waals surface area contributed by atoms with Gasteiger partial charge >= 0.3 is 18.2 Å². The lowest BCUT2D eigenvalue weighted by Crippen LogP contribution is -2.44. The predicted molar refractivity (Wildman–Crippen MR) is 100 cm³/mol. The fourth-order valence-corrected chi connectivity index (χ4v) is 2.21. The maximum Gasteiger partial charge on any atom is 0.424 e.